The molecule has 0 atom stereocenters. The standard InChI is InChI=1S/C20H16F3N3O/c1-3-18(27)25-16-10-17-14(12-26(2)19(17)24-11-16)7-4-13-5-8-15(9-6-13)20(21,22)23/h3-12H,1H2,2H3,(H,25,27). The van der Waals surface area contributed by atoms with Gasteiger partial charge in [0.1, 0.15) is 5.65 Å². The fourth-order valence-electron chi connectivity index (χ4n) is 2.65. The first-order valence-electron chi connectivity index (χ1n) is 8.02. The zero-order valence-electron chi connectivity index (χ0n) is 14.4. The lowest BCUT2D eigenvalue weighted by Crippen LogP contribution is -2.07. The normalized spacial score (nSPS) is 11.9. The van der Waals surface area contributed by atoms with E-state index in [1.807, 2.05) is 17.8 Å². The maximum atomic E-state index is 12.6. The molecule has 4 nitrogen and oxygen atoms in total. The van der Waals surface area contributed by atoms with E-state index in [0.717, 1.165) is 28.7 Å². The van der Waals surface area contributed by atoms with E-state index in [1.165, 1.54) is 18.2 Å². The molecule has 27 heavy (non-hydrogen) atoms. The van der Waals surface area contributed by atoms with Gasteiger partial charge in [-0.3, -0.25) is 4.79 Å². The van der Waals surface area contributed by atoms with Crippen LogP contribution in [0.3, 0.4) is 0 Å². The lowest BCUT2D eigenvalue weighted by Gasteiger charge is -2.05. The number of nitrogens with zero attached hydrogens (tertiary/aromatic N) is 2. The Kier molecular flexibility index (Phi) is 4.85. The molecule has 2 aromatic heterocycles. The molecule has 0 bridgehead atoms. The topological polar surface area (TPSA) is 46.9 Å². The largest absolute Gasteiger partial charge is 0.416 e. The Balaban J connectivity index is 1.91. The second-order valence-corrected chi connectivity index (χ2v) is 5.94. The number of fused-ring (bicyclic) bond motifs is 1. The smallest absolute Gasteiger partial charge is 0.335 e. The maximum Gasteiger partial charge on any atom is 0.416 e. The monoisotopic (exact) mass is 371 g/mol. The van der Waals surface area contributed by atoms with Crippen molar-refractivity contribution in [1.82, 2.24) is 9.55 Å². The molecule has 3 aromatic rings. The van der Waals surface area contributed by atoms with Crippen molar-refractivity contribution in [3.8, 4) is 0 Å². The lowest BCUT2D eigenvalue weighted by atomic mass is 10.1. The molecule has 0 unspecified atom stereocenters. The third-order valence-electron chi connectivity index (χ3n) is 3.99. The molecule has 138 valence electrons. The molecule has 0 aliphatic heterocycles. The summed E-state index contributed by atoms with van der Waals surface area (Å²) in [5, 5.41) is 3.46. The number of halogens is 3. The van der Waals surface area contributed by atoms with Gasteiger partial charge in [-0.05, 0) is 29.8 Å². The van der Waals surface area contributed by atoms with Crippen LogP contribution in [-0.2, 0) is 18.0 Å². The summed E-state index contributed by atoms with van der Waals surface area (Å²) in [5.74, 6) is -0.339. The Morgan fingerprint density at radius 1 is 1.22 bits per heavy atom. The minimum absolute atomic E-state index is 0.339. The van der Waals surface area contributed by atoms with Crippen LogP contribution in [0.1, 0.15) is 16.7 Å². The number of carbonyl (C=O) groups is 1. The predicted octanol–water partition coefficient (Wildman–Crippen LogP) is 4.89. The summed E-state index contributed by atoms with van der Waals surface area (Å²) < 4.78 is 39.7. The summed E-state index contributed by atoms with van der Waals surface area (Å²) in [5.41, 5.74) is 2.04. The van der Waals surface area contributed by atoms with Gasteiger partial charge in [0.2, 0.25) is 5.91 Å². The number of aryl methyl sites for hydroxylation is 1. The lowest BCUT2D eigenvalue weighted by molar-refractivity contribution is -0.137. The van der Waals surface area contributed by atoms with Gasteiger partial charge in [-0.2, -0.15) is 13.2 Å². The summed E-state index contributed by atoms with van der Waals surface area (Å²) >= 11 is 0. The summed E-state index contributed by atoms with van der Waals surface area (Å²) in [4.78, 5) is 15.8. The second kappa shape index (κ2) is 7.11. The molecule has 0 fully saturated rings. The summed E-state index contributed by atoms with van der Waals surface area (Å²) in [6.45, 7) is 3.41. The molecule has 0 saturated carbocycles. The highest BCUT2D eigenvalue weighted by Crippen LogP contribution is 2.29. The van der Waals surface area contributed by atoms with Gasteiger partial charge in [0.25, 0.3) is 0 Å². The Hall–Kier alpha value is -3.35. The van der Waals surface area contributed by atoms with Crippen molar-refractivity contribution in [3.05, 3.63) is 72.1 Å². The van der Waals surface area contributed by atoms with E-state index in [9.17, 15) is 18.0 Å². The second-order valence-electron chi connectivity index (χ2n) is 5.94. The molecule has 1 aromatic carbocycles. The summed E-state index contributed by atoms with van der Waals surface area (Å²) in [6, 6.07) is 6.72. The first kappa shape index (κ1) is 18.4. The Bertz CT molecular complexity index is 1030. The zero-order valence-corrected chi connectivity index (χ0v) is 14.4. The Morgan fingerprint density at radius 3 is 2.56 bits per heavy atom. The molecule has 0 aliphatic carbocycles. The number of carbonyl (C=O) groups excluding carboxylic acids is 1. The molecule has 2 heterocycles. The maximum absolute atomic E-state index is 12.6. The van der Waals surface area contributed by atoms with Crippen LogP contribution in [0.4, 0.5) is 18.9 Å². The average Bonchev–Trinajstić information content (AvgIpc) is 2.95. The fraction of sp³-hybridized carbons (Fsp3) is 0.100. The minimum Gasteiger partial charge on any atom is -0.335 e. The highest BCUT2D eigenvalue weighted by molar-refractivity contribution is 6.00. The van der Waals surface area contributed by atoms with Crippen LogP contribution in [0.25, 0.3) is 23.2 Å². The minimum atomic E-state index is -4.35. The van der Waals surface area contributed by atoms with Crippen LogP contribution in [0.2, 0.25) is 0 Å². The van der Waals surface area contributed by atoms with E-state index in [4.69, 9.17) is 0 Å². The van der Waals surface area contributed by atoms with E-state index in [-0.39, 0.29) is 5.91 Å². The van der Waals surface area contributed by atoms with Crippen molar-refractivity contribution < 1.29 is 18.0 Å². The predicted molar refractivity (Wildman–Crippen MR) is 99.9 cm³/mol. The first-order valence-corrected chi connectivity index (χ1v) is 8.02. The first-order chi connectivity index (χ1) is 12.8. The molecular weight excluding hydrogens is 355 g/mol. The van der Waals surface area contributed by atoms with Crippen molar-refractivity contribution in [1.29, 1.82) is 0 Å². The molecule has 0 saturated heterocycles. The third-order valence-corrected chi connectivity index (χ3v) is 3.99. The van der Waals surface area contributed by atoms with Gasteiger partial charge in [0.15, 0.2) is 0 Å². The van der Waals surface area contributed by atoms with Crippen LogP contribution >= 0.6 is 0 Å². The van der Waals surface area contributed by atoms with Gasteiger partial charge in [0.05, 0.1) is 17.4 Å². The highest BCUT2D eigenvalue weighted by atomic mass is 19.4. The molecular formula is C20H16F3N3O. The number of anilines is 1. The summed E-state index contributed by atoms with van der Waals surface area (Å²) in [7, 11) is 1.84. The number of hydrogen-bond acceptors (Lipinski definition) is 2. The number of rotatable bonds is 4. The number of benzene rings is 1. The van der Waals surface area contributed by atoms with Gasteiger partial charge in [-0.1, -0.05) is 30.9 Å². The average molecular weight is 371 g/mol. The molecule has 0 aliphatic rings. The van der Waals surface area contributed by atoms with Crippen molar-refractivity contribution in [2.45, 2.75) is 6.18 Å². The van der Waals surface area contributed by atoms with E-state index in [1.54, 1.807) is 24.4 Å². The molecule has 1 amide bonds. The van der Waals surface area contributed by atoms with Gasteiger partial charge in [0, 0.05) is 24.2 Å². The number of amides is 1. The Morgan fingerprint density at radius 2 is 1.93 bits per heavy atom. The molecule has 0 spiro atoms. The molecule has 1 N–H and O–H groups in total. The third kappa shape index (κ3) is 4.08. The number of alkyl halides is 3. The van der Waals surface area contributed by atoms with E-state index in [0.29, 0.717) is 11.3 Å². The Labute approximate surface area is 153 Å². The zero-order chi connectivity index (χ0) is 19.6. The van der Waals surface area contributed by atoms with Crippen LogP contribution in [0, 0.1) is 0 Å². The van der Waals surface area contributed by atoms with E-state index >= 15 is 0 Å². The van der Waals surface area contributed by atoms with E-state index < -0.39 is 11.7 Å². The van der Waals surface area contributed by atoms with Crippen LogP contribution in [0.15, 0.2) is 55.4 Å². The number of pyridine rings is 1. The SMILES string of the molecule is C=CC(=O)Nc1cnc2c(c1)c(C=Cc1ccc(C(F)(F)F)cc1)cn2C. The van der Waals surface area contributed by atoms with Crippen LogP contribution in [-0.4, -0.2) is 15.5 Å². The summed E-state index contributed by atoms with van der Waals surface area (Å²) in [6.07, 6.45) is 3.75. The van der Waals surface area contributed by atoms with Crippen molar-refractivity contribution in [2.24, 2.45) is 7.05 Å². The van der Waals surface area contributed by atoms with E-state index in [2.05, 4.69) is 16.9 Å². The van der Waals surface area contributed by atoms with Gasteiger partial charge >= 0.3 is 6.18 Å². The van der Waals surface area contributed by atoms with Crippen LogP contribution < -0.4 is 5.32 Å². The quantitative estimate of drug-likeness (QED) is 0.664. The van der Waals surface area contributed by atoms with Crippen molar-refractivity contribution in [2.75, 3.05) is 5.32 Å². The highest BCUT2D eigenvalue weighted by Gasteiger charge is 2.29. The van der Waals surface area contributed by atoms with Gasteiger partial charge in [-0.15, -0.1) is 0 Å². The molecule has 0 radical (unpaired) electrons. The number of hydrogen-bond donors (Lipinski definition) is 1. The molecule has 3 rings (SSSR count). The van der Waals surface area contributed by atoms with Crippen LogP contribution in [0.5, 0.6) is 0 Å². The fourth-order valence-corrected chi connectivity index (χ4v) is 2.65. The molecule has 7 heteroatoms. The number of nitrogens with one attached hydrogen (secondary N) is 1. The van der Waals surface area contributed by atoms with Crippen molar-refractivity contribution in [3.63, 3.8) is 0 Å². The van der Waals surface area contributed by atoms with Gasteiger partial charge in [-0.25, -0.2) is 4.98 Å². The number of aromatic nitrogens is 2. The van der Waals surface area contributed by atoms with Crippen molar-refractivity contribution >= 4 is 34.8 Å². The van der Waals surface area contributed by atoms with Gasteiger partial charge < -0.3 is 9.88 Å².